The Kier molecular flexibility index (Phi) is 5.57. The summed E-state index contributed by atoms with van der Waals surface area (Å²) in [5.74, 6) is -0.279. The molecule has 8 heteroatoms. The third-order valence-electron chi connectivity index (χ3n) is 5.66. The van der Waals surface area contributed by atoms with Crippen molar-refractivity contribution < 1.29 is 14.0 Å². The second-order valence-corrected chi connectivity index (χ2v) is 9.78. The minimum Gasteiger partial charge on any atom is -0.451 e. The van der Waals surface area contributed by atoms with E-state index in [2.05, 4.69) is 31.5 Å². The van der Waals surface area contributed by atoms with Crippen molar-refractivity contribution in [2.24, 2.45) is 0 Å². The summed E-state index contributed by atoms with van der Waals surface area (Å²) in [4.78, 5) is 31.5. The van der Waals surface area contributed by atoms with Crippen LogP contribution in [-0.2, 0) is 19.4 Å². The van der Waals surface area contributed by atoms with Gasteiger partial charge < -0.3 is 15.1 Å². The standard InChI is InChI=1S/C24H20BrN3O3S/c1-13-17-10-15(25)7-8-18(17)31-21(13)23(30)28-24-20(16-5-2-6-19(16)32-24)22(29)27-12-14-4-3-9-26-11-14/h3-4,7-11H,2,5-6,12H2,1H3,(H,27,29)(H,28,30). The quantitative estimate of drug-likeness (QED) is 0.365. The summed E-state index contributed by atoms with van der Waals surface area (Å²) < 4.78 is 6.75. The van der Waals surface area contributed by atoms with Gasteiger partial charge in [-0.1, -0.05) is 22.0 Å². The van der Waals surface area contributed by atoms with Gasteiger partial charge in [0.15, 0.2) is 5.76 Å². The van der Waals surface area contributed by atoms with Crippen molar-refractivity contribution in [3.05, 3.63) is 80.1 Å². The molecule has 1 aromatic carbocycles. The zero-order valence-corrected chi connectivity index (χ0v) is 19.7. The lowest BCUT2D eigenvalue weighted by Crippen LogP contribution is -2.25. The summed E-state index contributed by atoms with van der Waals surface area (Å²) in [6.07, 6.45) is 6.22. The van der Waals surface area contributed by atoms with Crippen LogP contribution in [0.5, 0.6) is 0 Å². The average molecular weight is 510 g/mol. The molecule has 0 saturated heterocycles. The third kappa shape index (κ3) is 3.84. The van der Waals surface area contributed by atoms with Crippen molar-refractivity contribution in [1.82, 2.24) is 10.3 Å². The number of pyridine rings is 1. The summed E-state index contributed by atoms with van der Waals surface area (Å²) in [5, 5.41) is 7.38. The first-order valence-corrected chi connectivity index (χ1v) is 11.9. The zero-order valence-electron chi connectivity index (χ0n) is 17.3. The van der Waals surface area contributed by atoms with Crippen molar-refractivity contribution in [2.75, 3.05) is 5.32 Å². The average Bonchev–Trinajstić information content (AvgIpc) is 3.46. The van der Waals surface area contributed by atoms with Crippen LogP contribution in [0.3, 0.4) is 0 Å². The van der Waals surface area contributed by atoms with Crippen LogP contribution in [-0.4, -0.2) is 16.8 Å². The number of benzene rings is 1. The monoisotopic (exact) mass is 509 g/mol. The van der Waals surface area contributed by atoms with Gasteiger partial charge in [-0.25, -0.2) is 0 Å². The van der Waals surface area contributed by atoms with Gasteiger partial charge in [0.05, 0.1) is 5.56 Å². The molecule has 0 spiro atoms. The summed E-state index contributed by atoms with van der Waals surface area (Å²) in [6, 6.07) is 9.39. The third-order valence-corrected chi connectivity index (χ3v) is 7.36. The number of aryl methyl sites for hydroxylation is 2. The largest absolute Gasteiger partial charge is 0.451 e. The Balaban J connectivity index is 1.42. The maximum absolute atomic E-state index is 13.1. The molecule has 0 radical (unpaired) electrons. The fourth-order valence-electron chi connectivity index (χ4n) is 4.08. The Hall–Kier alpha value is -2.97. The molecule has 0 bridgehead atoms. The molecule has 0 aliphatic heterocycles. The fourth-order valence-corrected chi connectivity index (χ4v) is 5.72. The smallest absolute Gasteiger partial charge is 0.292 e. The van der Waals surface area contributed by atoms with E-state index in [0.29, 0.717) is 22.7 Å². The van der Waals surface area contributed by atoms with E-state index in [9.17, 15) is 9.59 Å². The van der Waals surface area contributed by atoms with Gasteiger partial charge in [-0.05, 0) is 61.6 Å². The summed E-state index contributed by atoms with van der Waals surface area (Å²) in [5.41, 5.74) is 3.95. The van der Waals surface area contributed by atoms with Crippen LogP contribution in [0, 0.1) is 6.92 Å². The highest BCUT2D eigenvalue weighted by Gasteiger charge is 2.28. The van der Waals surface area contributed by atoms with Crippen LogP contribution < -0.4 is 10.6 Å². The van der Waals surface area contributed by atoms with Crippen LogP contribution in [0.4, 0.5) is 5.00 Å². The van der Waals surface area contributed by atoms with E-state index in [4.69, 9.17) is 4.42 Å². The predicted octanol–water partition coefficient (Wildman–Crippen LogP) is 5.63. The zero-order chi connectivity index (χ0) is 22.2. The van der Waals surface area contributed by atoms with Gasteiger partial charge in [-0.15, -0.1) is 11.3 Å². The normalized spacial score (nSPS) is 12.7. The molecule has 0 unspecified atom stereocenters. The van der Waals surface area contributed by atoms with Gasteiger partial charge in [-0.2, -0.15) is 0 Å². The Labute approximate surface area is 197 Å². The number of carbonyl (C=O) groups excluding carboxylic acids is 2. The molecular weight excluding hydrogens is 490 g/mol. The van der Waals surface area contributed by atoms with Gasteiger partial charge in [0, 0.05) is 39.2 Å². The van der Waals surface area contributed by atoms with E-state index >= 15 is 0 Å². The summed E-state index contributed by atoms with van der Waals surface area (Å²) in [6.45, 7) is 2.24. The van der Waals surface area contributed by atoms with E-state index in [0.717, 1.165) is 50.7 Å². The summed E-state index contributed by atoms with van der Waals surface area (Å²) in [7, 11) is 0. The van der Waals surface area contributed by atoms with Crippen molar-refractivity contribution in [3.8, 4) is 0 Å². The van der Waals surface area contributed by atoms with Crippen LogP contribution in [0.15, 0.2) is 51.6 Å². The number of carbonyl (C=O) groups is 2. The van der Waals surface area contributed by atoms with Crippen LogP contribution in [0.25, 0.3) is 11.0 Å². The minimum absolute atomic E-state index is 0.186. The number of anilines is 1. The minimum atomic E-state index is -0.351. The summed E-state index contributed by atoms with van der Waals surface area (Å²) >= 11 is 4.94. The highest BCUT2D eigenvalue weighted by atomic mass is 79.9. The van der Waals surface area contributed by atoms with E-state index in [-0.39, 0.29) is 17.6 Å². The van der Waals surface area contributed by atoms with E-state index < -0.39 is 0 Å². The molecule has 6 nitrogen and oxygen atoms in total. The molecule has 3 heterocycles. The highest BCUT2D eigenvalue weighted by Crippen LogP contribution is 2.39. The molecule has 1 aliphatic carbocycles. The Morgan fingerprint density at radius 1 is 1.22 bits per heavy atom. The number of fused-ring (bicyclic) bond motifs is 2. The first-order chi connectivity index (χ1) is 15.5. The fraction of sp³-hybridized carbons (Fsp3) is 0.208. The Morgan fingerprint density at radius 2 is 2.09 bits per heavy atom. The number of thiophene rings is 1. The van der Waals surface area contributed by atoms with Crippen LogP contribution in [0.1, 0.15) is 48.9 Å². The lowest BCUT2D eigenvalue weighted by molar-refractivity contribution is 0.0951. The van der Waals surface area contributed by atoms with Gasteiger partial charge in [0.2, 0.25) is 0 Å². The Morgan fingerprint density at radius 3 is 2.91 bits per heavy atom. The molecule has 0 atom stereocenters. The molecule has 32 heavy (non-hydrogen) atoms. The molecular formula is C24H20BrN3O3S. The van der Waals surface area contributed by atoms with Gasteiger partial charge in [0.25, 0.3) is 11.8 Å². The molecule has 0 saturated carbocycles. The molecule has 4 aromatic rings. The molecule has 2 amide bonds. The SMILES string of the molecule is Cc1c(C(=O)Nc2sc3c(c2C(=O)NCc2cccnc2)CCC3)oc2ccc(Br)cc12. The number of hydrogen-bond donors (Lipinski definition) is 2. The predicted molar refractivity (Wildman–Crippen MR) is 128 cm³/mol. The van der Waals surface area contributed by atoms with Crippen molar-refractivity contribution in [3.63, 3.8) is 0 Å². The number of furan rings is 1. The second-order valence-electron chi connectivity index (χ2n) is 7.76. The number of nitrogens with zero attached hydrogens (tertiary/aromatic N) is 1. The number of amides is 2. The van der Waals surface area contributed by atoms with Gasteiger partial charge in [-0.3, -0.25) is 14.6 Å². The second kappa shape index (κ2) is 8.52. The molecule has 0 fully saturated rings. The maximum atomic E-state index is 13.1. The van der Waals surface area contributed by atoms with Crippen molar-refractivity contribution in [2.45, 2.75) is 32.7 Å². The number of aromatic nitrogens is 1. The number of halogens is 1. The number of hydrogen-bond acceptors (Lipinski definition) is 5. The first kappa shape index (κ1) is 20.9. The number of nitrogens with one attached hydrogen (secondary N) is 2. The van der Waals surface area contributed by atoms with E-state index in [1.807, 2.05) is 37.3 Å². The molecule has 5 rings (SSSR count). The topological polar surface area (TPSA) is 84.2 Å². The molecule has 162 valence electrons. The maximum Gasteiger partial charge on any atom is 0.292 e. The van der Waals surface area contributed by atoms with Gasteiger partial charge >= 0.3 is 0 Å². The van der Waals surface area contributed by atoms with Crippen LogP contribution >= 0.6 is 27.3 Å². The van der Waals surface area contributed by atoms with E-state index in [1.54, 1.807) is 12.4 Å². The first-order valence-electron chi connectivity index (χ1n) is 10.3. The lowest BCUT2D eigenvalue weighted by atomic mass is 10.1. The lowest BCUT2D eigenvalue weighted by Gasteiger charge is -2.09. The highest BCUT2D eigenvalue weighted by molar-refractivity contribution is 9.10. The van der Waals surface area contributed by atoms with Crippen LogP contribution in [0.2, 0.25) is 0 Å². The van der Waals surface area contributed by atoms with E-state index in [1.165, 1.54) is 11.3 Å². The van der Waals surface area contributed by atoms with Crippen molar-refractivity contribution >= 4 is 55.1 Å². The van der Waals surface area contributed by atoms with Crippen molar-refractivity contribution in [1.29, 1.82) is 0 Å². The molecule has 2 N–H and O–H groups in total. The molecule has 3 aromatic heterocycles. The Bertz CT molecular complexity index is 1340. The number of rotatable bonds is 5. The van der Waals surface area contributed by atoms with Gasteiger partial charge in [0.1, 0.15) is 10.6 Å². The molecule has 1 aliphatic rings.